The van der Waals surface area contributed by atoms with Gasteiger partial charge in [-0.15, -0.1) is 0 Å². The molecule has 1 aliphatic heterocycles. The summed E-state index contributed by atoms with van der Waals surface area (Å²) in [5.41, 5.74) is -0.287. The zero-order chi connectivity index (χ0) is 20.7. The number of carbonyl (C=O) groups excluding carboxylic acids is 1. The first-order valence-corrected chi connectivity index (χ1v) is 10.3. The molecule has 1 aromatic heterocycles. The van der Waals surface area contributed by atoms with Crippen LogP contribution in [0.1, 0.15) is 50.4 Å². The van der Waals surface area contributed by atoms with Gasteiger partial charge >= 0.3 is 12.1 Å². The van der Waals surface area contributed by atoms with Crippen LogP contribution in [0.3, 0.4) is 0 Å². The number of nitrogens with zero attached hydrogens (tertiary/aromatic N) is 2. The second-order valence-electron chi connectivity index (χ2n) is 10.2. The lowest BCUT2D eigenvalue weighted by Crippen LogP contribution is -2.62. The topological polar surface area (TPSA) is 101 Å². The quantitative estimate of drug-likeness (QED) is 0.803. The molecule has 29 heavy (non-hydrogen) atoms. The smallest absolute Gasteiger partial charge is 0.410 e. The average Bonchev–Trinajstić information content (AvgIpc) is 2.96. The first kappa shape index (κ1) is 18.5. The number of aromatic carboxylic acids is 1. The molecule has 1 saturated heterocycles. The van der Waals surface area contributed by atoms with E-state index in [4.69, 9.17) is 4.74 Å². The maximum atomic E-state index is 12.7. The molecule has 2 heterocycles. The third-order valence-corrected chi connectivity index (χ3v) is 6.97. The molecule has 4 aliphatic carbocycles. The molecule has 2 N–H and O–H groups in total. The summed E-state index contributed by atoms with van der Waals surface area (Å²) >= 11 is 0. The Bertz CT molecular complexity index is 933. The molecule has 0 radical (unpaired) electrons. The van der Waals surface area contributed by atoms with Gasteiger partial charge in [0.05, 0.1) is 11.3 Å². The van der Waals surface area contributed by atoms with Crippen molar-refractivity contribution < 1.29 is 19.4 Å². The van der Waals surface area contributed by atoms with Gasteiger partial charge in [0.1, 0.15) is 5.60 Å². The van der Waals surface area contributed by atoms with Gasteiger partial charge in [-0.3, -0.25) is 4.79 Å². The summed E-state index contributed by atoms with van der Waals surface area (Å²) in [4.78, 5) is 38.4. The van der Waals surface area contributed by atoms with Crippen LogP contribution in [0.25, 0.3) is 0 Å². The van der Waals surface area contributed by atoms with Gasteiger partial charge in [-0.05, 0) is 46.0 Å². The number of carbonyl (C=O) groups is 2. The van der Waals surface area contributed by atoms with Crippen LogP contribution in [0.2, 0.25) is 0 Å². The number of hydrogen-bond acceptors (Lipinski definition) is 5. The van der Waals surface area contributed by atoms with Gasteiger partial charge in [0.25, 0.3) is 5.56 Å². The van der Waals surface area contributed by atoms with Gasteiger partial charge < -0.3 is 24.6 Å². The van der Waals surface area contributed by atoms with Gasteiger partial charge in [0.2, 0.25) is 0 Å². The van der Waals surface area contributed by atoms with E-state index in [9.17, 15) is 19.5 Å². The Balaban J connectivity index is 1.28. The van der Waals surface area contributed by atoms with E-state index in [1.165, 1.54) is 12.3 Å². The number of rotatable bonds is 4. The van der Waals surface area contributed by atoms with Gasteiger partial charge in [-0.1, -0.05) is 0 Å². The zero-order valence-corrected chi connectivity index (χ0v) is 17.0. The van der Waals surface area contributed by atoms with Crippen molar-refractivity contribution in [3.8, 4) is 0 Å². The molecule has 1 aromatic rings. The summed E-state index contributed by atoms with van der Waals surface area (Å²) in [6, 6.07) is 1.51. The predicted molar refractivity (Wildman–Crippen MR) is 105 cm³/mol. The first-order valence-electron chi connectivity index (χ1n) is 10.3. The number of aromatic nitrogens is 1. The number of carboxylic acid groups (broad SMARTS) is 1. The Morgan fingerprint density at radius 1 is 1.21 bits per heavy atom. The Hall–Kier alpha value is -2.51. The molecule has 8 heteroatoms. The molecule has 1 amide bonds. The minimum absolute atomic E-state index is 0.0805. The van der Waals surface area contributed by atoms with Gasteiger partial charge in [0.15, 0.2) is 0 Å². The van der Waals surface area contributed by atoms with Crippen LogP contribution >= 0.6 is 0 Å². The highest BCUT2D eigenvalue weighted by Gasteiger charge is 2.59. The minimum atomic E-state index is -1.03. The fourth-order valence-electron chi connectivity index (χ4n) is 5.32. The molecule has 3 atom stereocenters. The van der Waals surface area contributed by atoms with E-state index in [1.807, 2.05) is 20.8 Å². The van der Waals surface area contributed by atoms with Crippen molar-refractivity contribution in [2.45, 2.75) is 57.2 Å². The van der Waals surface area contributed by atoms with Gasteiger partial charge in [-0.2, -0.15) is 0 Å². The van der Waals surface area contributed by atoms with E-state index in [0.717, 1.165) is 19.3 Å². The summed E-state index contributed by atoms with van der Waals surface area (Å²) in [7, 11) is 0. The van der Waals surface area contributed by atoms with Crippen LogP contribution in [0, 0.1) is 17.8 Å². The molecule has 5 aliphatic rings. The number of amides is 1. The highest BCUT2D eigenvalue weighted by molar-refractivity contribution is 5.94. The molecular formula is C21H27N3O5. The molecule has 0 spiro atoms. The van der Waals surface area contributed by atoms with Crippen LogP contribution in [0.5, 0.6) is 0 Å². The number of anilines is 1. The van der Waals surface area contributed by atoms with E-state index >= 15 is 0 Å². The molecule has 156 valence electrons. The molecule has 0 aromatic carbocycles. The number of pyridine rings is 1. The number of fused-ring (bicyclic) bond motifs is 1. The molecule has 8 nitrogen and oxygen atoms in total. The molecule has 5 fully saturated rings. The van der Waals surface area contributed by atoms with Crippen molar-refractivity contribution in [1.82, 2.24) is 9.47 Å². The second kappa shape index (κ2) is 5.77. The SMILES string of the molecule is CC(C)(C)OC(=O)N1C[C@@H]2[C@H](C1)[C@H]2Nc1cc(=O)n(C23CC(C2)C3)cc1C(=O)O. The van der Waals surface area contributed by atoms with Crippen LogP contribution in [-0.2, 0) is 10.3 Å². The third-order valence-electron chi connectivity index (χ3n) is 6.97. The molecule has 2 bridgehead atoms. The Labute approximate surface area is 168 Å². The standard InChI is InChI=1S/C21H27N3O5/c1-20(2,3)29-19(28)23-8-12-13(9-23)17(12)22-15-4-16(25)24(10-14(15)18(26)27)21-5-11(6-21)7-21/h4,10-13,17,22H,5-9H2,1-3H3,(H,26,27)/t11?,12-,13+,17+,21?. The minimum Gasteiger partial charge on any atom is -0.478 e. The maximum absolute atomic E-state index is 12.7. The normalized spacial score (nSPS) is 34.0. The second-order valence-corrected chi connectivity index (χ2v) is 10.2. The lowest BCUT2D eigenvalue weighted by atomic mass is 9.49. The average molecular weight is 401 g/mol. The number of likely N-dealkylation sites (tertiary alicyclic amines) is 1. The van der Waals surface area contributed by atoms with Gasteiger partial charge in [0, 0.05) is 48.8 Å². The van der Waals surface area contributed by atoms with Crippen LogP contribution < -0.4 is 10.9 Å². The lowest BCUT2D eigenvalue weighted by molar-refractivity contribution is -0.0914. The van der Waals surface area contributed by atoms with Crippen molar-refractivity contribution in [3.63, 3.8) is 0 Å². The molecule has 0 unspecified atom stereocenters. The number of nitrogens with one attached hydrogen (secondary N) is 1. The number of ether oxygens (including phenoxy) is 1. The van der Waals surface area contributed by atoms with Crippen molar-refractivity contribution in [2.24, 2.45) is 17.8 Å². The largest absolute Gasteiger partial charge is 0.478 e. The van der Waals surface area contributed by atoms with Crippen molar-refractivity contribution in [1.29, 1.82) is 0 Å². The van der Waals surface area contributed by atoms with Crippen LogP contribution in [0.4, 0.5) is 10.5 Å². The highest BCUT2D eigenvalue weighted by Crippen LogP contribution is 2.61. The maximum Gasteiger partial charge on any atom is 0.410 e. The lowest BCUT2D eigenvalue weighted by Gasteiger charge is -2.62. The van der Waals surface area contributed by atoms with E-state index in [0.29, 0.717) is 24.7 Å². The Kier molecular flexibility index (Phi) is 3.68. The number of piperidine rings is 1. The van der Waals surface area contributed by atoms with E-state index in [-0.39, 0.29) is 40.6 Å². The van der Waals surface area contributed by atoms with E-state index < -0.39 is 11.6 Å². The summed E-state index contributed by atoms with van der Waals surface area (Å²) in [6.45, 7) is 6.69. The fourth-order valence-corrected chi connectivity index (χ4v) is 5.32. The van der Waals surface area contributed by atoms with Crippen molar-refractivity contribution in [3.05, 3.63) is 28.2 Å². The third kappa shape index (κ3) is 2.91. The Morgan fingerprint density at radius 3 is 2.31 bits per heavy atom. The molecule has 6 rings (SSSR count). The predicted octanol–water partition coefficient (Wildman–Crippen LogP) is 2.33. The van der Waals surface area contributed by atoms with Crippen molar-refractivity contribution >= 4 is 17.7 Å². The zero-order valence-electron chi connectivity index (χ0n) is 17.0. The summed E-state index contributed by atoms with van der Waals surface area (Å²) < 4.78 is 7.06. The van der Waals surface area contributed by atoms with Gasteiger partial charge in [-0.25, -0.2) is 9.59 Å². The van der Waals surface area contributed by atoms with E-state index in [2.05, 4.69) is 5.32 Å². The monoisotopic (exact) mass is 401 g/mol. The summed E-state index contributed by atoms with van der Waals surface area (Å²) in [5.74, 6) is 0.175. The van der Waals surface area contributed by atoms with Crippen LogP contribution in [0.15, 0.2) is 17.1 Å². The first-order chi connectivity index (χ1) is 13.6. The van der Waals surface area contributed by atoms with E-state index in [1.54, 1.807) is 9.47 Å². The van der Waals surface area contributed by atoms with Crippen molar-refractivity contribution in [2.75, 3.05) is 18.4 Å². The molecular weight excluding hydrogens is 374 g/mol. The highest BCUT2D eigenvalue weighted by atomic mass is 16.6. The summed E-state index contributed by atoms with van der Waals surface area (Å²) in [5, 5.41) is 13.0. The number of carboxylic acids is 1. The van der Waals surface area contributed by atoms with Crippen LogP contribution in [-0.4, -0.2) is 51.4 Å². The number of hydrogen-bond donors (Lipinski definition) is 2. The molecule has 4 saturated carbocycles. The summed E-state index contributed by atoms with van der Waals surface area (Å²) in [6.07, 6.45) is 4.15. The fraction of sp³-hybridized carbons (Fsp3) is 0.667. The Morgan fingerprint density at radius 2 is 1.83 bits per heavy atom.